The van der Waals surface area contributed by atoms with Gasteiger partial charge in [-0.3, -0.25) is 4.90 Å². The molecule has 1 aliphatic heterocycles. The van der Waals surface area contributed by atoms with Crippen molar-refractivity contribution in [2.75, 3.05) is 0 Å². The van der Waals surface area contributed by atoms with Crippen LogP contribution in [0.1, 0.15) is 27.2 Å². The largest absolute Gasteiger partial charge is 0.443 e. The highest BCUT2D eigenvalue weighted by molar-refractivity contribution is 5.70. The summed E-state index contributed by atoms with van der Waals surface area (Å²) in [5.41, 5.74) is -0.437. The average molecular weight is 182 g/mol. The van der Waals surface area contributed by atoms with E-state index in [1.165, 1.54) is 4.90 Å². The van der Waals surface area contributed by atoms with Gasteiger partial charge < -0.3 is 4.74 Å². The van der Waals surface area contributed by atoms with E-state index >= 15 is 0 Å². The van der Waals surface area contributed by atoms with Crippen LogP contribution in [0.15, 0.2) is 12.3 Å². The van der Waals surface area contributed by atoms with Gasteiger partial charge in [0.2, 0.25) is 0 Å². The molecule has 1 amide bonds. The van der Waals surface area contributed by atoms with Gasteiger partial charge in [-0.05, 0) is 34.1 Å². The predicted molar refractivity (Wildman–Crippen MR) is 51.0 cm³/mol. The van der Waals surface area contributed by atoms with Crippen molar-refractivity contribution >= 4 is 6.09 Å². The number of carbonyl (C=O) groups is 1. The summed E-state index contributed by atoms with van der Waals surface area (Å²) in [6, 6.07) is -0.0187. The van der Waals surface area contributed by atoms with Crippen molar-refractivity contribution in [3.8, 4) is 0 Å². The van der Waals surface area contributed by atoms with E-state index in [0.717, 1.165) is 6.42 Å². The Labute approximate surface area is 79.4 Å². The van der Waals surface area contributed by atoms with E-state index < -0.39 is 5.60 Å². The van der Waals surface area contributed by atoms with Gasteiger partial charge >= 0.3 is 6.09 Å². The second kappa shape index (κ2) is 3.40. The van der Waals surface area contributed by atoms with Gasteiger partial charge in [0.15, 0.2) is 0 Å². The molecular formula is C10H16NO2. The van der Waals surface area contributed by atoms with E-state index in [0.29, 0.717) is 0 Å². The molecule has 0 spiro atoms. The Morgan fingerprint density at radius 1 is 1.62 bits per heavy atom. The van der Waals surface area contributed by atoms with E-state index in [9.17, 15) is 4.79 Å². The van der Waals surface area contributed by atoms with Crippen molar-refractivity contribution in [1.29, 1.82) is 0 Å². The molecule has 1 rings (SSSR count). The van der Waals surface area contributed by atoms with Crippen LogP contribution < -0.4 is 0 Å². The first-order valence-electron chi connectivity index (χ1n) is 4.41. The summed E-state index contributed by atoms with van der Waals surface area (Å²) in [6.07, 6.45) is 4.13. The molecule has 1 heterocycles. The molecular weight excluding hydrogens is 166 g/mol. The Morgan fingerprint density at radius 2 is 2.23 bits per heavy atom. The summed E-state index contributed by atoms with van der Waals surface area (Å²) >= 11 is 0. The molecule has 0 aromatic carbocycles. The van der Waals surface area contributed by atoms with Gasteiger partial charge in [0.05, 0.1) is 0 Å². The number of nitrogens with zero attached hydrogens (tertiary/aromatic N) is 1. The fourth-order valence-electron chi connectivity index (χ4n) is 1.09. The minimum absolute atomic E-state index is 0.0187. The summed E-state index contributed by atoms with van der Waals surface area (Å²) in [5.74, 6) is 0. The molecule has 0 bridgehead atoms. The zero-order chi connectivity index (χ0) is 10.1. The highest BCUT2D eigenvalue weighted by Crippen LogP contribution is 2.17. The van der Waals surface area contributed by atoms with Gasteiger partial charge in [0.1, 0.15) is 5.60 Å². The fraction of sp³-hybridized carbons (Fsp3) is 0.600. The first kappa shape index (κ1) is 10.1. The van der Waals surface area contributed by atoms with Gasteiger partial charge in [-0.25, -0.2) is 4.79 Å². The zero-order valence-corrected chi connectivity index (χ0v) is 8.41. The molecule has 3 nitrogen and oxygen atoms in total. The average Bonchev–Trinajstić information content (AvgIpc) is 2.30. The summed E-state index contributed by atoms with van der Waals surface area (Å²) in [7, 11) is 0. The van der Waals surface area contributed by atoms with Crippen LogP contribution in [0.2, 0.25) is 0 Å². The quantitative estimate of drug-likeness (QED) is 0.575. The van der Waals surface area contributed by atoms with Crippen LogP contribution in [0, 0.1) is 6.92 Å². The van der Waals surface area contributed by atoms with E-state index in [2.05, 4.69) is 6.92 Å². The molecule has 3 heteroatoms. The second-order valence-electron chi connectivity index (χ2n) is 4.16. The fourth-order valence-corrected chi connectivity index (χ4v) is 1.09. The van der Waals surface area contributed by atoms with Crippen molar-refractivity contribution in [2.24, 2.45) is 0 Å². The van der Waals surface area contributed by atoms with Crippen molar-refractivity contribution in [3.05, 3.63) is 19.2 Å². The molecule has 0 aromatic heterocycles. The third-order valence-corrected chi connectivity index (χ3v) is 1.67. The second-order valence-corrected chi connectivity index (χ2v) is 4.16. The Morgan fingerprint density at radius 3 is 2.62 bits per heavy atom. The van der Waals surface area contributed by atoms with Gasteiger partial charge in [-0.2, -0.15) is 0 Å². The standard InChI is InChI=1S/C10H16NO2/c1-8-6-5-7-11(8)9(12)13-10(2,3)4/h5,7-8H,1,6H2,2-4H3. The van der Waals surface area contributed by atoms with E-state index in [4.69, 9.17) is 4.74 Å². The van der Waals surface area contributed by atoms with Gasteiger partial charge in [-0.1, -0.05) is 6.08 Å². The van der Waals surface area contributed by atoms with E-state index in [-0.39, 0.29) is 12.1 Å². The topological polar surface area (TPSA) is 29.5 Å². The summed E-state index contributed by atoms with van der Waals surface area (Å²) in [5, 5.41) is 0. The first-order chi connectivity index (χ1) is 5.90. The molecule has 1 unspecified atom stereocenters. The number of hydrogen-bond donors (Lipinski definition) is 0. The Kier molecular flexibility index (Phi) is 2.64. The number of rotatable bonds is 0. The maximum Gasteiger partial charge on any atom is 0.414 e. The van der Waals surface area contributed by atoms with Crippen LogP contribution in [-0.2, 0) is 4.74 Å². The van der Waals surface area contributed by atoms with Crippen LogP contribution in [0.4, 0.5) is 4.79 Å². The molecule has 73 valence electrons. The van der Waals surface area contributed by atoms with Crippen molar-refractivity contribution in [1.82, 2.24) is 4.90 Å². The van der Waals surface area contributed by atoms with Gasteiger partial charge in [0, 0.05) is 12.2 Å². The number of hydrogen-bond acceptors (Lipinski definition) is 2. The molecule has 0 fully saturated rings. The summed E-state index contributed by atoms with van der Waals surface area (Å²) in [4.78, 5) is 13.0. The molecule has 0 saturated heterocycles. The highest BCUT2D eigenvalue weighted by Gasteiger charge is 2.26. The smallest absolute Gasteiger partial charge is 0.414 e. The lowest BCUT2D eigenvalue weighted by Crippen LogP contribution is -2.36. The maximum absolute atomic E-state index is 11.5. The minimum Gasteiger partial charge on any atom is -0.443 e. The van der Waals surface area contributed by atoms with Crippen LogP contribution in [0.25, 0.3) is 0 Å². The Balaban J connectivity index is 2.53. The number of amides is 1. The maximum atomic E-state index is 11.5. The molecule has 0 aromatic rings. The van der Waals surface area contributed by atoms with E-state index in [1.807, 2.05) is 26.8 Å². The van der Waals surface area contributed by atoms with Crippen LogP contribution in [0.3, 0.4) is 0 Å². The lowest BCUT2D eigenvalue weighted by atomic mass is 10.2. The Bertz CT molecular complexity index is 228. The molecule has 0 saturated carbocycles. The third-order valence-electron chi connectivity index (χ3n) is 1.67. The van der Waals surface area contributed by atoms with Crippen molar-refractivity contribution in [2.45, 2.75) is 38.8 Å². The number of carbonyl (C=O) groups excluding carboxylic acids is 1. The summed E-state index contributed by atoms with van der Waals surface area (Å²) < 4.78 is 5.19. The van der Waals surface area contributed by atoms with Crippen molar-refractivity contribution < 1.29 is 9.53 Å². The summed E-state index contributed by atoms with van der Waals surface area (Å²) in [6.45, 7) is 9.38. The van der Waals surface area contributed by atoms with Crippen LogP contribution >= 0.6 is 0 Å². The minimum atomic E-state index is -0.437. The van der Waals surface area contributed by atoms with Crippen LogP contribution in [0.5, 0.6) is 0 Å². The molecule has 1 radical (unpaired) electrons. The Hall–Kier alpha value is -0.990. The molecule has 1 atom stereocenters. The molecule has 0 N–H and O–H groups in total. The first-order valence-corrected chi connectivity index (χ1v) is 4.41. The van der Waals surface area contributed by atoms with Crippen molar-refractivity contribution in [3.63, 3.8) is 0 Å². The van der Waals surface area contributed by atoms with E-state index in [1.54, 1.807) is 6.20 Å². The van der Waals surface area contributed by atoms with Crippen LogP contribution in [-0.4, -0.2) is 22.6 Å². The van der Waals surface area contributed by atoms with Gasteiger partial charge in [-0.15, -0.1) is 0 Å². The molecule has 0 aliphatic carbocycles. The third kappa shape index (κ3) is 2.76. The predicted octanol–water partition coefficient (Wildman–Crippen LogP) is 2.34. The monoisotopic (exact) mass is 182 g/mol. The molecule has 1 aliphatic rings. The highest BCUT2D eigenvalue weighted by atomic mass is 16.6. The lowest BCUT2D eigenvalue weighted by molar-refractivity contribution is 0.0313. The SMILES string of the molecule is [CH2]C1CC=CN1C(=O)OC(C)(C)C. The normalized spacial score (nSPS) is 22.2. The molecule has 13 heavy (non-hydrogen) atoms. The number of ether oxygens (including phenoxy) is 1. The zero-order valence-electron chi connectivity index (χ0n) is 8.41. The van der Waals surface area contributed by atoms with Gasteiger partial charge in [0.25, 0.3) is 0 Å². The lowest BCUT2D eigenvalue weighted by Gasteiger charge is -2.25.